The molecule has 0 spiro atoms. The molecule has 2 aromatic carbocycles. The molecule has 1 aliphatic heterocycles. The van der Waals surface area contributed by atoms with E-state index in [2.05, 4.69) is 47.4 Å². The van der Waals surface area contributed by atoms with Gasteiger partial charge in [0.1, 0.15) is 0 Å². The van der Waals surface area contributed by atoms with E-state index in [4.69, 9.17) is 11.6 Å². The summed E-state index contributed by atoms with van der Waals surface area (Å²) >= 11 is 8.05. The van der Waals surface area contributed by atoms with Crippen molar-refractivity contribution in [3.8, 4) is 0 Å². The van der Waals surface area contributed by atoms with Gasteiger partial charge in [0.05, 0.1) is 0 Å². The van der Waals surface area contributed by atoms with Crippen LogP contribution in [0.5, 0.6) is 0 Å². The van der Waals surface area contributed by atoms with Crippen molar-refractivity contribution < 1.29 is 0 Å². The van der Waals surface area contributed by atoms with Gasteiger partial charge in [0.2, 0.25) is 0 Å². The molecule has 0 radical (unpaired) electrons. The van der Waals surface area contributed by atoms with Gasteiger partial charge in [-0.25, -0.2) is 0 Å². The zero-order chi connectivity index (χ0) is 12.8. The Morgan fingerprint density at radius 1 is 1.11 bits per heavy atom. The van der Waals surface area contributed by atoms with E-state index in [9.17, 15) is 0 Å². The van der Waals surface area contributed by atoms with E-state index in [0.29, 0.717) is 5.25 Å². The SMILES string of the molecule is Clc1ccc2[nH]c3c(c2c1)SC(c1ccccc1)C3. The number of hydrogen-bond acceptors (Lipinski definition) is 1. The Labute approximate surface area is 121 Å². The van der Waals surface area contributed by atoms with Gasteiger partial charge in [-0.15, -0.1) is 11.8 Å². The van der Waals surface area contributed by atoms with Gasteiger partial charge < -0.3 is 4.98 Å². The molecule has 0 amide bonds. The molecule has 0 fully saturated rings. The van der Waals surface area contributed by atoms with Crippen LogP contribution < -0.4 is 0 Å². The van der Waals surface area contributed by atoms with Crippen LogP contribution in [-0.2, 0) is 6.42 Å². The van der Waals surface area contributed by atoms with Crippen LogP contribution in [0.4, 0.5) is 0 Å². The van der Waals surface area contributed by atoms with Gasteiger partial charge in [0.15, 0.2) is 0 Å². The molecule has 1 atom stereocenters. The number of aromatic amines is 1. The van der Waals surface area contributed by atoms with Gasteiger partial charge in [-0.05, 0) is 23.8 Å². The molecule has 1 unspecified atom stereocenters. The highest BCUT2D eigenvalue weighted by Crippen LogP contribution is 2.49. The molecule has 1 nitrogen and oxygen atoms in total. The number of nitrogens with one attached hydrogen (secondary N) is 1. The first-order valence-corrected chi connectivity index (χ1v) is 7.59. The van der Waals surface area contributed by atoms with Crippen LogP contribution in [0.3, 0.4) is 0 Å². The predicted octanol–water partition coefficient (Wildman–Crippen LogP) is 5.21. The van der Waals surface area contributed by atoms with E-state index in [1.54, 1.807) is 0 Å². The van der Waals surface area contributed by atoms with Crippen LogP contribution in [0.1, 0.15) is 16.5 Å². The molecule has 1 aliphatic rings. The first-order valence-electron chi connectivity index (χ1n) is 6.33. The fourth-order valence-electron chi connectivity index (χ4n) is 2.70. The molecule has 94 valence electrons. The molecule has 2 heterocycles. The third-order valence-corrected chi connectivity index (χ3v) is 5.27. The number of rotatable bonds is 1. The zero-order valence-corrected chi connectivity index (χ0v) is 11.8. The summed E-state index contributed by atoms with van der Waals surface area (Å²) in [6.45, 7) is 0. The van der Waals surface area contributed by atoms with Crippen LogP contribution in [0, 0.1) is 0 Å². The number of aromatic nitrogens is 1. The molecule has 4 rings (SSSR count). The first kappa shape index (κ1) is 11.4. The molecular weight excluding hydrogens is 274 g/mol. The van der Waals surface area contributed by atoms with Crippen molar-refractivity contribution in [3.63, 3.8) is 0 Å². The molecule has 0 saturated heterocycles. The normalized spacial score (nSPS) is 17.8. The minimum atomic E-state index is 0.519. The average molecular weight is 286 g/mol. The molecule has 3 heteroatoms. The quantitative estimate of drug-likeness (QED) is 0.649. The summed E-state index contributed by atoms with van der Waals surface area (Å²) in [6, 6.07) is 16.8. The van der Waals surface area contributed by atoms with Crippen LogP contribution >= 0.6 is 23.4 Å². The lowest BCUT2D eigenvalue weighted by Gasteiger charge is -2.08. The van der Waals surface area contributed by atoms with Crippen molar-refractivity contribution in [2.75, 3.05) is 0 Å². The maximum atomic E-state index is 6.11. The van der Waals surface area contributed by atoms with Gasteiger partial charge in [-0.1, -0.05) is 41.9 Å². The van der Waals surface area contributed by atoms with E-state index in [0.717, 1.165) is 11.4 Å². The summed E-state index contributed by atoms with van der Waals surface area (Å²) in [5.41, 5.74) is 3.93. The molecule has 3 aromatic rings. The predicted molar refractivity (Wildman–Crippen MR) is 82.1 cm³/mol. The molecular formula is C16H12ClNS. The van der Waals surface area contributed by atoms with Crippen LogP contribution in [0.25, 0.3) is 10.9 Å². The summed E-state index contributed by atoms with van der Waals surface area (Å²) in [6.07, 6.45) is 1.07. The summed E-state index contributed by atoms with van der Waals surface area (Å²) < 4.78 is 0. The number of halogens is 1. The van der Waals surface area contributed by atoms with Crippen molar-refractivity contribution in [1.29, 1.82) is 0 Å². The van der Waals surface area contributed by atoms with E-state index in [-0.39, 0.29) is 0 Å². The van der Waals surface area contributed by atoms with Gasteiger partial charge in [0.25, 0.3) is 0 Å². The Hall–Kier alpha value is -1.38. The summed E-state index contributed by atoms with van der Waals surface area (Å²) in [5.74, 6) is 0. The summed E-state index contributed by atoms with van der Waals surface area (Å²) in [5, 5.41) is 2.58. The Morgan fingerprint density at radius 2 is 1.95 bits per heavy atom. The highest BCUT2D eigenvalue weighted by molar-refractivity contribution is 8.00. The molecule has 0 bridgehead atoms. The Bertz CT molecular complexity index is 748. The van der Waals surface area contributed by atoms with Crippen LogP contribution in [0.2, 0.25) is 5.02 Å². The number of thioether (sulfide) groups is 1. The Balaban J connectivity index is 1.77. The van der Waals surface area contributed by atoms with E-state index < -0.39 is 0 Å². The van der Waals surface area contributed by atoms with Gasteiger partial charge >= 0.3 is 0 Å². The molecule has 1 N–H and O–H groups in total. The highest BCUT2D eigenvalue weighted by Gasteiger charge is 2.27. The van der Waals surface area contributed by atoms with Crippen molar-refractivity contribution in [3.05, 3.63) is 64.8 Å². The highest BCUT2D eigenvalue weighted by atomic mass is 35.5. The second-order valence-electron chi connectivity index (χ2n) is 4.84. The van der Waals surface area contributed by atoms with E-state index >= 15 is 0 Å². The third-order valence-electron chi connectivity index (χ3n) is 3.61. The summed E-state index contributed by atoms with van der Waals surface area (Å²) in [4.78, 5) is 4.89. The lowest BCUT2D eigenvalue weighted by Crippen LogP contribution is -1.92. The average Bonchev–Trinajstić information content (AvgIpc) is 2.98. The largest absolute Gasteiger partial charge is 0.357 e. The lowest BCUT2D eigenvalue weighted by molar-refractivity contribution is 0.920. The van der Waals surface area contributed by atoms with Crippen molar-refractivity contribution in [2.24, 2.45) is 0 Å². The number of fused-ring (bicyclic) bond motifs is 3. The first-order chi connectivity index (χ1) is 9.31. The van der Waals surface area contributed by atoms with Crippen LogP contribution in [-0.4, -0.2) is 4.98 Å². The van der Waals surface area contributed by atoms with Gasteiger partial charge in [-0.2, -0.15) is 0 Å². The van der Waals surface area contributed by atoms with Crippen molar-refractivity contribution in [1.82, 2.24) is 4.98 Å². The Kier molecular flexibility index (Phi) is 2.61. The second-order valence-corrected chi connectivity index (χ2v) is 6.49. The fraction of sp³-hybridized carbons (Fsp3) is 0.125. The number of hydrogen-bond donors (Lipinski definition) is 1. The maximum absolute atomic E-state index is 6.11. The molecule has 19 heavy (non-hydrogen) atoms. The summed E-state index contributed by atoms with van der Waals surface area (Å²) in [7, 11) is 0. The topological polar surface area (TPSA) is 15.8 Å². The van der Waals surface area contributed by atoms with E-state index in [1.807, 2.05) is 17.8 Å². The van der Waals surface area contributed by atoms with Crippen LogP contribution in [0.15, 0.2) is 53.4 Å². The standard InChI is InChI=1S/C16H12ClNS/c17-11-6-7-13-12(8-11)16-14(18-13)9-15(19-16)10-4-2-1-3-5-10/h1-8,15,18H,9H2. The van der Waals surface area contributed by atoms with Gasteiger partial charge in [-0.3, -0.25) is 0 Å². The fourth-order valence-corrected chi connectivity index (χ4v) is 4.27. The minimum Gasteiger partial charge on any atom is -0.357 e. The molecule has 0 aliphatic carbocycles. The Morgan fingerprint density at radius 3 is 2.79 bits per heavy atom. The van der Waals surface area contributed by atoms with Crippen molar-refractivity contribution in [2.45, 2.75) is 16.6 Å². The maximum Gasteiger partial charge on any atom is 0.0468 e. The number of benzene rings is 2. The molecule has 1 aromatic heterocycles. The third kappa shape index (κ3) is 1.87. The van der Waals surface area contributed by atoms with Crippen molar-refractivity contribution >= 4 is 34.3 Å². The second kappa shape index (κ2) is 4.32. The van der Waals surface area contributed by atoms with Gasteiger partial charge in [0, 0.05) is 38.2 Å². The monoisotopic (exact) mass is 285 g/mol. The zero-order valence-electron chi connectivity index (χ0n) is 10.2. The molecule has 0 saturated carbocycles. The number of H-pyrrole nitrogens is 1. The van der Waals surface area contributed by atoms with E-state index in [1.165, 1.54) is 27.1 Å². The lowest BCUT2D eigenvalue weighted by atomic mass is 10.1. The smallest absolute Gasteiger partial charge is 0.0468 e. The minimum absolute atomic E-state index is 0.519.